The molecule has 0 radical (unpaired) electrons. The second-order valence-corrected chi connectivity index (χ2v) is 6.07. The van der Waals surface area contributed by atoms with Gasteiger partial charge in [0.25, 0.3) is 5.91 Å². The molecule has 3 rings (SSSR count). The highest BCUT2D eigenvalue weighted by Gasteiger charge is 2.50. The van der Waals surface area contributed by atoms with Gasteiger partial charge in [0, 0.05) is 30.7 Å². The van der Waals surface area contributed by atoms with E-state index in [1.807, 2.05) is 13.2 Å². The van der Waals surface area contributed by atoms with Crippen molar-refractivity contribution in [3.05, 3.63) is 23.5 Å². The Bertz CT molecular complexity index is 702. The number of carbonyl (C=O) groups excluding carboxylic acids is 1. The number of hydrogen-bond donors (Lipinski definition) is 2. The standard InChI is InChI=1S/C13H14N4O3S/c1-17-5-8(4-15-17)11-16-9(6-21-11)10(18)14-7-13(2-3-13)12(19)20/h4-6H,2-3,7H2,1H3,(H,14,18)(H,19,20). The number of thiazole rings is 1. The van der Waals surface area contributed by atoms with Gasteiger partial charge >= 0.3 is 5.97 Å². The number of nitrogens with one attached hydrogen (secondary N) is 1. The van der Waals surface area contributed by atoms with E-state index in [4.69, 9.17) is 5.11 Å². The molecule has 8 heteroatoms. The molecule has 0 bridgehead atoms. The van der Waals surface area contributed by atoms with E-state index >= 15 is 0 Å². The number of rotatable bonds is 5. The van der Waals surface area contributed by atoms with Crippen LogP contribution in [0.4, 0.5) is 0 Å². The van der Waals surface area contributed by atoms with Crippen LogP contribution in [0.3, 0.4) is 0 Å². The Hall–Kier alpha value is -2.22. The Morgan fingerprint density at radius 1 is 1.52 bits per heavy atom. The third-order valence-electron chi connectivity index (χ3n) is 3.58. The smallest absolute Gasteiger partial charge is 0.311 e. The van der Waals surface area contributed by atoms with Crippen LogP contribution in [0.15, 0.2) is 17.8 Å². The van der Waals surface area contributed by atoms with Crippen molar-refractivity contribution in [1.29, 1.82) is 0 Å². The first-order valence-electron chi connectivity index (χ1n) is 6.46. The number of carboxylic acid groups (broad SMARTS) is 1. The van der Waals surface area contributed by atoms with Crippen LogP contribution in [0.5, 0.6) is 0 Å². The molecule has 0 atom stereocenters. The van der Waals surface area contributed by atoms with Crippen molar-refractivity contribution in [1.82, 2.24) is 20.1 Å². The minimum Gasteiger partial charge on any atom is -0.481 e. The summed E-state index contributed by atoms with van der Waals surface area (Å²) in [5, 5.41) is 18.2. The Morgan fingerprint density at radius 3 is 2.86 bits per heavy atom. The Balaban J connectivity index is 1.66. The molecule has 0 spiro atoms. The second kappa shape index (κ2) is 4.96. The Kier molecular flexibility index (Phi) is 3.25. The van der Waals surface area contributed by atoms with Crippen molar-refractivity contribution >= 4 is 23.2 Å². The summed E-state index contributed by atoms with van der Waals surface area (Å²) in [5.74, 6) is -1.19. The van der Waals surface area contributed by atoms with Gasteiger partial charge < -0.3 is 10.4 Å². The number of aromatic nitrogens is 3. The predicted molar refractivity (Wildman–Crippen MR) is 76.0 cm³/mol. The lowest BCUT2D eigenvalue weighted by Crippen LogP contribution is -2.34. The number of amides is 1. The molecule has 21 heavy (non-hydrogen) atoms. The molecule has 1 aliphatic rings. The lowest BCUT2D eigenvalue weighted by molar-refractivity contribution is -0.143. The van der Waals surface area contributed by atoms with Gasteiger partial charge in [-0.2, -0.15) is 5.10 Å². The van der Waals surface area contributed by atoms with E-state index in [-0.39, 0.29) is 12.5 Å². The molecule has 7 nitrogen and oxygen atoms in total. The Labute approximate surface area is 124 Å². The molecular formula is C13H14N4O3S. The van der Waals surface area contributed by atoms with E-state index in [0.29, 0.717) is 23.5 Å². The van der Waals surface area contributed by atoms with Crippen LogP contribution in [0, 0.1) is 5.41 Å². The molecule has 0 aliphatic heterocycles. The molecule has 2 aromatic heterocycles. The molecule has 1 amide bonds. The van der Waals surface area contributed by atoms with Crippen molar-refractivity contribution in [2.45, 2.75) is 12.8 Å². The fourth-order valence-corrected chi connectivity index (χ4v) is 2.78. The first kappa shape index (κ1) is 13.7. The van der Waals surface area contributed by atoms with Crippen molar-refractivity contribution in [2.75, 3.05) is 6.54 Å². The molecule has 110 valence electrons. The fraction of sp³-hybridized carbons (Fsp3) is 0.385. The number of carbonyl (C=O) groups is 2. The monoisotopic (exact) mass is 306 g/mol. The van der Waals surface area contributed by atoms with Crippen LogP contribution in [-0.2, 0) is 11.8 Å². The molecule has 2 N–H and O–H groups in total. The van der Waals surface area contributed by atoms with Crippen LogP contribution in [0.25, 0.3) is 10.6 Å². The summed E-state index contributed by atoms with van der Waals surface area (Å²) in [4.78, 5) is 27.3. The summed E-state index contributed by atoms with van der Waals surface area (Å²) in [6.45, 7) is 0.154. The molecule has 0 aromatic carbocycles. The largest absolute Gasteiger partial charge is 0.481 e. The number of carboxylic acids is 1. The summed E-state index contributed by atoms with van der Waals surface area (Å²) in [6.07, 6.45) is 4.73. The van der Waals surface area contributed by atoms with E-state index in [9.17, 15) is 9.59 Å². The average Bonchev–Trinajstić information content (AvgIpc) is 2.88. The van der Waals surface area contributed by atoms with E-state index in [1.165, 1.54) is 11.3 Å². The summed E-state index contributed by atoms with van der Waals surface area (Å²) in [6, 6.07) is 0. The quantitative estimate of drug-likeness (QED) is 0.863. The van der Waals surface area contributed by atoms with Gasteiger partial charge in [-0.1, -0.05) is 0 Å². The van der Waals surface area contributed by atoms with E-state index in [2.05, 4.69) is 15.4 Å². The van der Waals surface area contributed by atoms with Gasteiger partial charge in [0.05, 0.1) is 11.6 Å². The third-order valence-corrected chi connectivity index (χ3v) is 4.47. The zero-order valence-electron chi connectivity index (χ0n) is 11.4. The minimum absolute atomic E-state index is 0.154. The van der Waals surface area contributed by atoms with Crippen LogP contribution < -0.4 is 5.32 Å². The topological polar surface area (TPSA) is 97.1 Å². The predicted octanol–water partition coefficient (Wildman–Crippen LogP) is 1.14. The van der Waals surface area contributed by atoms with E-state index in [0.717, 1.165) is 5.56 Å². The van der Waals surface area contributed by atoms with E-state index in [1.54, 1.807) is 16.3 Å². The van der Waals surface area contributed by atoms with Gasteiger partial charge in [-0.05, 0) is 12.8 Å². The highest BCUT2D eigenvalue weighted by atomic mass is 32.1. The first-order chi connectivity index (χ1) is 10.00. The molecule has 0 unspecified atom stereocenters. The van der Waals surface area contributed by atoms with Crippen molar-refractivity contribution in [2.24, 2.45) is 12.5 Å². The van der Waals surface area contributed by atoms with Gasteiger partial charge in [0.2, 0.25) is 0 Å². The van der Waals surface area contributed by atoms with Crippen LogP contribution >= 0.6 is 11.3 Å². The molecular weight excluding hydrogens is 292 g/mol. The van der Waals surface area contributed by atoms with Gasteiger partial charge in [-0.15, -0.1) is 11.3 Å². The first-order valence-corrected chi connectivity index (χ1v) is 7.34. The molecule has 1 fully saturated rings. The molecule has 0 saturated heterocycles. The van der Waals surface area contributed by atoms with Crippen LogP contribution in [0.1, 0.15) is 23.3 Å². The zero-order chi connectivity index (χ0) is 15.0. The number of nitrogens with zero attached hydrogens (tertiary/aromatic N) is 3. The summed E-state index contributed by atoms with van der Waals surface area (Å²) in [5.41, 5.74) is 0.392. The highest BCUT2D eigenvalue weighted by Crippen LogP contribution is 2.45. The second-order valence-electron chi connectivity index (χ2n) is 5.21. The number of aliphatic carboxylic acids is 1. The third kappa shape index (κ3) is 2.66. The lowest BCUT2D eigenvalue weighted by Gasteiger charge is -2.09. The van der Waals surface area contributed by atoms with Crippen molar-refractivity contribution in [3.8, 4) is 10.6 Å². The van der Waals surface area contributed by atoms with Gasteiger partial charge in [-0.25, -0.2) is 4.98 Å². The van der Waals surface area contributed by atoms with Crippen molar-refractivity contribution < 1.29 is 14.7 Å². The maximum atomic E-state index is 12.0. The Morgan fingerprint density at radius 2 is 2.29 bits per heavy atom. The molecule has 2 heterocycles. The van der Waals surface area contributed by atoms with Crippen LogP contribution in [-0.4, -0.2) is 38.3 Å². The average molecular weight is 306 g/mol. The highest BCUT2D eigenvalue weighted by molar-refractivity contribution is 7.13. The fourth-order valence-electron chi connectivity index (χ4n) is 2.00. The lowest BCUT2D eigenvalue weighted by atomic mass is 10.1. The SMILES string of the molecule is Cn1cc(-c2nc(C(=O)NCC3(C(=O)O)CC3)cs2)cn1. The maximum absolute atomic E-state index is 12.0. The van der Waals surface area contributed by atoms with Crippen LogP contribution in [0.2, 0.25) is 0 Å². The zero-order valence-corrected chi connectivity index (χ0v) is 12.2. The molecule has 1 saturated carbocycles. The van der Waals surface area contributed by atoms with Gasteiger partial charge in [0.1, 0.15) is 10.7 Å². The van der Waals surface area contributed by atoms with Crippen molar-refractivity contribution in [3.63, 3.8) is 0 Å². The van der Waals surface area contributed by atoms with E-state index < -0.39 is 11.4 Å². The molecule has 1 aliphatic carbocycles. The van der Waals surface area contributed by atoms with Gasteiger partial charge in [0.15, 0.2) is 0 Å². The molecule has 2 aromatic rings. The summed E-state index contributed by atoms with van der Waals surface area (Å²) in [7, 11) is 1.81. The minimum atomic E-state index is -0.850. The summed E-state index contributed by atoms with van der Waals surface area (Å²) >= 11 is 1.36. The number of hydrogen-bond acceptors (Lipinski definition) is 5. The number of aryl methyl sites for hydroxylation is 1. The maximum Gasteiger partial charge on any atom is 0.311 e. The van der Waals surface area contributed by atoms with Gasteiger partial charge in [-0.3, -0.25) is 14.3 Å². The normalized spacial score (nSPS) is 15.7. The summed E-state index contributed by atoms with van der Waals surface area (Å²) < 4.78 is 1.67.